The van der Waals surface area contributed by atoms with Crippen LogP contribution in [0.5, 0.6) is 0 Å². The predicted octanol–water partition coefficient (Wildman–Crippen LogP) is 1.09. The summed E-state index contributed by atoms with van der Waals surface area (Å²) in [6.45, 7) is 1.26. The van der Waals surface area contributed by atoms with Crippen LogP contribution in [0, 0.1) is 0 Å². The zero-order valence-corrected chi connectivity index (χ0v) is 10.9. The van der Waals surface area contributed by atoms with Gasteiger partial charge in [0.05, 0.1) is 24.0 Å². The average molecular weight is 260 g/mol. The van der Waals surface area contributed by atoms with Crippen LogP contribution in [0.1, 0.15) is 21.6 Å². The second kappa shape index (κ2) is 5.62. The molecular formula is C13H16N4O2. The van der Waals surface area contributed by atoms with Gasteiger partial charge in [-0.05, 0) is 31.8 Å². The van der Waals surface area contributed by atoms with Crippen molar-refractivity contribution in [1.82, 2.24) is 19.9 Å². The van der Waals surface area contributed by atoms with E-state index < -0.39 is 5.97 Å². The van der Waals surface area contributed by atoms with E-state index in [0.717, 1.165) is 17.8 Å². The molecule has 0 aliphatic heterocycles. The standard InChI is InChI=1S/C13H16N4O2/c1-16(2)9-12-7-14-15-17(12)8-10-4-3-5-11(6-10)13(18)19/h3-7H,8-9H2,1-2H3,(H,18,19). The van der Waals surface area contributed by atoms with Gasteiger partial charge in [-0.1, -0.05) is 17.3 Å². The zero-order valence-electron chi connectivity index (χ0n) is 10.9. The molecule has 1 N–H and O–H groups in total. The number of hydrogen-bond acceptors (Lipinski definition) is 4. The first kappa shape index (κ1) is 13.2. The molecule has 0 fully saturated rings. The molecule has 100 valence electrons. The van der Waals surface area contributed by atoms with Crippen LogP contribution < -0.4 is 0 Å². The Morgan fingerprint density at radius 2 is 2.21 bits per heavy atom. The second-order valence-corrected chi connectivity index (χ2v) is 4.63. The van der Waals surface area contributed by atoms with Crippen molar-refractivity contribution in [3.63, 3.8) is 0 Å². The summed E-state index contributed by atoms with van der Waals surface area (Å²) in [5, 5.41) is 16.9. The molecule has 1 aromatic carbocycles. The molecule has 0 unspecified atom stereocenters. The number of carbonyl (C=O) groups is 1. The van der Waals surface area contributed by atoms with Crippen molar-refractivity contribution < 1.29 is 9.90 Å². The van der Waals surface area contributed by atoms with Gasteiger partial charge in [0.1, 0.15) is 0 Å². The molecule has 0 saturated carbocycles. The molecule has 2 aromatic rings. The van der Waals surface area contributed by atoms with E-state index in [1.165, 1.54) is 0 Å². The minimum absolute atomic E-state index is 0.284. The summed E-state index contributed by atoms with van der Waals surface area (Å²) in [4.78, 5) is 13.0. The summed E-state index contributed by atoms with van der Waals surface area (Å²) in [7, 11) is 3.95. The monoisotopic (exact) mass is 260 g/mol. The molecule has 0 bridgehead atoms. The third-order valence-corrected chi connectivity index (χ3v) is 2.68. The Hall–Kier alpha value is -2.21. The largest absolute Gasteiger partial charge is 0.478 e. The molecule has 0 atom stereocenters. The topological polar surface area (TPSA) is 71.2 Å². The van der Waals surface area contributed by atoms with E-state index in [1.807, 2.05) is 25.1 Å². The van der Waals surface area contributed by atoms with E-state index in [0.29, 0.717) is 6.54 Å². The molecule has 0 saturated heterocycles. The summed E-state index contributed by atoms with van der Waals surface area (Å²) >= 11 is 0. The first-order valence-electron chi connectivity index (χ1n) is 5.90. The molecule has 0 spiro atoms. The summed E-state index contributed by atoms with van der Waals surface area (Å²) in [6.07, 6.45) is 1.72. The van der Waals surface area contributed by atoms with E-state index >= 15 is 0 Å². The minimum atomic E-state index is -0.922. The van der Waals surface area contributed by atoms with Crippen molar-refractivity contribution in [3.8, 4) is 0 Å². The maximum atomic E-state index is 10.9. The lowest BCUT2D eigenvalue weighted by Crippen LogP contribution is -2.16. The van der Waals surface area contributed by atoms with Crippen LogP contribution >= 0.6 is 0 Å². The molecule has 1 aromatic heterocycles. The highest BCUT2D eigenvalue weighted by molar-refractivity contribution is 5.87. The lowest BCUT2D eigenvalue weighted by Gasteiger charge is -2.11. The molecule has 0 amide bonds. The Morgan fingerprint density at radius 3 is 2.89 bits per heavy atom. The van der Waals surface area contributed by atoms with Gasteiger partial charge in [-0.25, -0.2) is 9.48 Å². The molecular weight excluding hydrogens is 244 g/mol. The van der Waals surface area contributed by atoms with Gasteiger partial charge in [-0.15, -0.1) is 5.10 Å². The van der Waals surface area contributed by atoms with Crippen molar-refractivity contribution in [2.75, 3.05) is 14.1 Å². The zero-order chi connectivity index (χ0) is 13.8. The fourth-order valence-electron chi connectivity index (χ4n) is 1.83. The quantitative estimate of drug-likeness (QED) is 0.871. The minimum Gasteiger partial charge on any atom is -0.478 e. The first-order chi connectivity index (χ1) is 9.06. The highest BCUT2D eigenvalue weighted by Crippen LogP contribution is 2.09. The number of hydrogen-bond donors (Lipinski definition) is 1. The number of aromatic nitrogens is 3. The molecule has 1 heterocycles. The van der Waals surface area contributed by atoms with Crippen molar-refractivity contribution in [3.05, 3.63) is 47.3 Å². The molecule has 0 aliphatic carbocycles. The van der Waals surface area contributed by atoms with E-state index in [2.05, 4.69) is 10.3 Å². The number of carboxylic acids is 1. The fourth-order valence-corrected chi connectivity index (χ4v) is 1.83. The number of aromatic carboxylic acids is 1. The summed E-state index contributed by atoms with van der Waals surface area (Å²) in [5.41, 5.74) is 2.17. The Kier molecular flexibility index (Phi) is 3.91. The number of rotatable bonds is 5. The van der Waals surface area contributed by atoms with Gasteiger partial charge in [-0.3, -0.25) is 0 Å². The predicted molar refractivity (Wildman–Crippen MR) is 69.9 cm³/mol. The normalized spacial score (nSPS) is 10.9. The van der Waals surface area contributed by atoms with Gasteiger partial charge in [-0.2, -0.15) is 0 Å². The van der Waals surface area contributed by atoms with Gasteiger partial charge >= 0.3 is 5.97 Å². The number of benzene rings is 1. The maximum absolute atomic E-state index is 10.9. The molecule has 6 heteroatoms. The summed E-state index contributed by atoms with van der Waals surface area (Å²) < 4.78 is 1.78. The molecule has 0 radical (unpaired) electrons. The second-order valence-electron chi connectivity index (χ2n) is 4.63. The van der Waals surface area contributed by atoms with E-state index in [9.17, 15) is 4.79 Å². The number of nitrogens with zero attached hydrogens (tertiary/aromatic N) is 4. The Morgan fingerprint density at radius 1 is 1.42 bits per heavy atom. The maximum Gasteiger partial charge on any atom is 0.335 e. The fraction of sp³-hybridized carbons (Fsp3) is 0.308. The highest BCUT2D eigenvalue weighted by atomic mass is 16.4. The van der Waals surface area contributed by atoms with Crippen molar-refractivity contribution in [2.24, 2.45) is 0 Å². The Bertz CT molecular complexity index is 578. The smallest absolute Gasteiger partial charge is 0.335 e. The number of carboxylic acid groups (broad SMARTS) is 1. The average Bonchev–Trinajstić information content (AvgIpc) is 2.76. The molecule has 2 rings (SSSR count). The van der Waals surface area contributed by atoms with Gasteiger partial charge in [0, 0.05) is 6.54 Å². The highest BCUT2D eigenvalue weighted by Gasteiger charge is 2.08. The van der Waals surface area contributed by atoms with E-state index in [4.69, 9.17) is 5.11 Å². The SMILES string of the molecule is CN(C)Cc1cnnn1Cc1cccc(C(=O)O)c1. The Balaban J connectivity index is 2.19. The van der Waals surface area contributed by atoms with Crippen LogP contribution in [0.3, 0.4) is 0 Å². The lowest BCUT2D eigenvalue weighted by atomic mass is 10.1. The van der Waals surface area contributed by atoms with Crippen LogP contribution in [0.4, 0.5) is 0 Å². The first-order valence-corrected chi connectivity index (χ1v) is 5.90. The molecule has 19 heavy (non-hydrogen) atoms. The lowest BCUT2D eigenvalue weighted by molar-refractivity contribution is 0.0696. The van der Waals surface area contributed by atoms with Crippen molar-refractivity contribution >= 4 is 5.97 Å². The Labute approximate surface area is 111 Å². The van der Waals surface area contributed by atoms with E-state index in [1.54, 1.807) is 29.1 Å². The molecule has 6 nitrogen and oxygen atoms in total. The van der Waals surface area contributed by atoms with Gasteiger partial charge in [0.2, 0.25) is 0 Å². The van der Waals surface area contributed by atoms with E-state index in [-0.39, 0.29) is 5.56 Å². The van der Waals surface area contributed by atoms with Crippen LogP contribution in [0.25, 0.3) is 0 Å². The van der Waals surface area contributed by atoms with Crippen molar-refractivity contribution in [1.29, 1.82) is 0 Å². The summed E-state index contributed by atoms with van der Waals surface area (Å²) in [5.74, 6) is -0.922. The van der Waals surface area contributed by atoms with Gasteiger partial charge in [0.15, 0.2) is 0 Å². The van der Waals surface area contributed by atoms with Crippen LogP contribution in [0.15, 0.2) is 30.5 Å². The van der Waals surface area contributed by atoms with Crippen LogP contribution in [0.2, 0.25) is 0 Å². The van der Waals surface area contributed by atoms with Crippen molar-refractivity contribution in [2.45, 2.75) is 13.1 Å². The van der Waals surface area contributed by atoms with Crippen LogP contribution in [-0.2, 0) is 13.1 Å². The van der Waals surface area contributed by atoms with Gasteiger partial charge in [0.25, 0.3) is 0 Å². The third kappa shape index (κ3) is 3.38. The van der Waals surface area contributed by atoms with Crippen LogP contribution in [-0.4, -0.2) is 45.1 Å². The molecule has 0 aliphatic rings. The third-order valence-electron chi connectivity index (χ3n) is 2.68. The summed E-state index contributed by atoms with van der Waals surface area (Å²) in [6, 6.07) is 6.85. The van der Waals surface area contributed by atoms with Gasteiger partial charge < -0.3 is 10.0 Å².